The van der Waals surface area contributed by atoms with Crippen molar-refractivity contribution in [1.82, 2.24) is 9.80 Å². The zero-order valence-corrected chi connectivity index (χ0v) is 14.0. The molecule has 0 saturated heterocycles. The maximum atomic E-state index is 14.2. The Morgan fingerprint density at radius 2 is 1.78 bits per heavy atom. The van der Waals surface area contributed by atoms with Crippen LogP contribution in [0.3, 0.4) is 0 Å². The van der Waals surface area contributed by atoms with Crippen LogP contribution >= 0.6 is 23.8 Å². The van der Waals surface area contributed by atoms with E-state index in [9.17, 15) is 18.8 Å². The first kappa shape index (κ1) is 18.8. The summed E-state index contributed by atoms with van der Waals surface area (Å²) in [6.07, 6.45) is 0. The smallest absolute Gasteiger partial charge is 0.337 e. The molecule has 7 nitrogen and oxygen atoms in total. The summed E-state index contributed by atoms with van der Waals surface area (Å²) in [5.41, 5.74) is -0.0267. The molecule has 1 aromatic rings. The van der Waals surface area contributed by atoms with Crippen molar-refractivity contribution in [3.05, 3.63) is 28.5 Å². The highest BCUT2D eigenvalue weighted by atomic mass is 35.5. The quantitative estimate of drug-likeness (QED) is 0.837. The molecule has 10 heteroatoms. The molecule has 0 spiro atoms. The summed E-state index contributed by atoms with van der Waals surface area (Å²) in [6.45, 7) is 0. The Labute approximate surface area is 141 Å². The van der Waals surface area contributed by atoms with Gasteiger partial charge in [-0.3, -0.25) is 4.90 Å². The number of carbonyl (C=O) groups is 3. The molecule has 0 atom stereocenters. The van der Waals surface area contributed by atoms with Crippen molar-refractivity contribution in [1.29, 1.82) is 0 Å². The second kappa shape index (κ2) is 7.34. The molecule has 23 heavy (non-hydrogen) atoms. The van der Waals surface area contributed by atoms with E-state index in [0.717, 1.165) is 27.4 Å². The molecular weight excluding hydrogens is 349 g/mol. The molecule has 0 fully saturated rings. The third-order valence-corrected chi connectivity index (χ3v) is 3.36. The van der Waals surface area contributed by atoms with Crippen LogP contribution in [0.4, 0.5) is 19.7 Å². The number of carbonyl (C=O) groups excluding carboxylic acids is 2. The Balaban J connectivity index is 3.57. The van der Waals surface area contributed by atoms with Crippen LogP contribution in [0.25, 0.3) is 0 Å². The maximum Gasteiger partial charge on any atom is 0.337 e. The zero-order valence-electron chi connectivity index (χ0n) is 12.4. The van der Waals surface area contributed by atoms with E-state index < -0.39 is 35.1 Å². The minimum absolute atomic E-state index is 0.355. The monoisotopic (exact) mass is 361 g/mol. The molecule has 4 amide bonds. The molecule has 0 heterocycles. The van der Waals surface area contributed by atoms with E-state index in [1.807, 2.05) is 0 Å². The van der Waals surface area contributed by atoms with Gasteiger partial charge in [0.05, 0.1) is 21.8 Å². The molecule has 0 aliphatic carbocycles. The van der Waals surface area contributed by atoms with E-state index in [4.69, 9.17) is 16.7 Å². The second-order valence-electron chi connectivity index (χ2n) is 4.60. The number of urea groups is 2. The lowest BCUT2D eigenvalue weighted by Gasteiger charge is -2.27. The van der Waals surface area contributed by atoms with E-state index >= 15 is 0 Å². The van der Waals surface area contributed by atoms with Crippen LogP contribution in [-0.2, 0) is 0 Å². The predicted molar refractivity (Wildman–Crippen MR) is 86.7 cm³/mol. The molecular formula is C13H13ClFN3O4S. The molecule has 1 N–H and O–H groups in total. The maximum absolute atomic E-state index is 14.2. The normalized spacial score (nSPS) is 9.96. The summed E-state index contributed by atoms with van der Waals surface area (Å²) < 4.78 is 14.2. The Hall–Kier alpha value is -2.26. The molecule has 0 saturated carbocycles. The van der Waals surface area contributed by atoms with Crippen molar-refractivity contribution in [3.8, 4) is 0 Å². The van der Waals surface area contributed by atoms with Crippen LogP contribution in [0.2, 0.25) is 5.02 Å². The zero-order chi connectivity index (χ0) is 17.9. The van der Waals surface area contributed by atoms with Crippen molar-refractivity contribution >= 4 is 53.0 Å². The summed E-state index contributed by atoms with van der Waals surface area (Å²) in [5, 5.41) is 8.71. The van der Waals surface area contributed by atoms with Gasteiger partial charge in [0.2, 0.25) is 0 Å². The Kier molecular flexibility index (Phi) is 5.99. The molecule has 0 aliphatic heterocycles. The van der Waals surface area contributed by atoms with Crippen LogP contribution < -0.4 is 4.90 Å². The Bertz CT molecular complexity index is 683. The van der Waals surface area contributed by atoms with Crippen LogP contribution in [0.15, 0.2) is 12.1 Å². The highest BCUT2D eigenvalue weighted by molar-refractivity contribution is 7.78. The number of carboxylic acid groups (broad SMARTS) is 1. The molecule has 0 bridgehead atoms. The fraction of sp³-hybridized carbons (Fsp3) is 0.231. The first-order valence-electron chi connectivity index (χ1n) is 6.07. The van der Waals surface area contributed by atoms with Crippen molar-refractivity contribution < 1.29 is 23.9 Å². The standard InChI is InChI=1S/C13H13ClFN3O4S/c1-16(2)12(21)18(13(22)17(3)6-23)10-4-7(11(19)20)8(14)5-9(10)15/h4-6H,1-3H3,(H,19,20). The molecule has 0 unspecified atom stereocenters. The summed E-state index contributed by atoms with van der Waals surface area (Å²) in [5.74, 6) is -2.45. The first-order chi connectivity index (χ1) is 10.6. The minimum atomic E-state index is -1.43. The summed E-state index contributed by atoms with van der Waals surface area (Å²) >= 11 is 10.3. The number of aromatic carboxylic acids is 1. The van der Waals surface area contributed by atoms with Gasteiger partial charge in [-0.2, -0.15) is 0 Å². The first-order valence-corrected chi connectivity index (χ1v) is 6.92. The highest BCUT2D eigenvalue weighted by Gasteiger charge is 2.31. The number of hydrogen-bond donors (Lipinski definition) is 1. The van der Waals surface area contributed by atoms with Crippen molar-refractivity contribution in [3.63, 3.8) is 0 Å². The lowest BCUT2D eigenvalue weighted by Crippen LogP contribution is -2.48. The van der Waals surface area contributed by atoms with Crippen LogP contribution in [0, 0.1) is 5.82 Å². The van der Waals surface area contributed by atoms with Gasteiger partial charge in [0, 0.05) is 21.1 Å². The van der Waals surface area contributed by atoms with Crippen LogP contribution in [0.5, 0.6) is 0 Å². The lowest BCUT2D eigenvalue weighted by atomic mass is 10.1. The number of nitrogens with zero attached hydrogens (tertiary/aromatic N) is 3. The van der Waals surface area contributed by atoms with Gasteiger partial charge in [0.25, 0.3) is 0 Å². The molecule has 1 aromatic carbocycles. The van der Waals surface area contributed by atoms with Gasteiger partial charge in [0.1, 0.15) is 5.82 Å². The molecule has 0 radical (unpaired) electrons. The van der Waals surface area contributed by atoms with Gasteiger partial charge in [-0.25, -0.2) is 23.7 Å². The van der Waals surface area contributed by atoms with E-state index in [1.165, 1.54) is 21.1 Å². The van der Waals surface area contributed by atoms with E-state index in [2.05, 4.69) is 12.2 Å². The average Bonchev–Trinajstić information content (AvgIpc) is 2.47. The number of rotatable bonds is 3. The Morgan fingerprint density at radius 3 is 2.22 bits per heavy atom. The largest absolute Gasteiger partial charge is 0.478 e. The summed E-state index contributed by atoms with van der Waals surface area (Å²) in [4.78, 5) is 38.0. The summed E-state index contributed by atoms with van der Waals surface area (Å²) in [6, 6.07) is -0.287. The SMILES string of the molecule is CN(C)C(=O)N(C(=O)N(C)C=S)c1cc(C(=O)O)c(Cl)cc1F. The number of anilines is 1. The number of benzene rings is 1. The van der Waals surface area contributed by atoms with E-state index in [-0.39, 0.29) is 5.02 Å². The van der Waals surface area contributed by atoms with Gasteiger partial charge < -0.3 is 10.0 Å². The van der Waals surface area contributed by atoms with E-state index in [1.54, 1.807) is 0 Å². The van der Waals surface area contributed by atoms with Crippen molar-refractivity contribution in [2.45, 2.75) is 0 Å². The number of thiocarbonyl (C=S) groups is 1. The molecule has 124 valence electrons. The number of amides is 4. The number of imide groups is 1. The topological polar surface area (TPSA) is 81.2 Å². The third kappa shape index (κ3) is 3.93. The average molecular weight is 362 g/mol. The second-order valence-corrected chi connectivity index (χ2v) is 5.22. The number of hydrogen-bond acceptors (Lipinski definition) is 4. The number of halogens is 2. The lowest BCUT2D eigenvalue weighted by molar-refractivity contribution is 0.0697. The van der Waals surface area contributed by atoms with Crippen LogP contribution in [-0.4, -0.2) is 59.6 Å². The third-order valence-electron chi connectivity index (χ3n) is 2.73. The fourth-order valence-electron chi connectivity index (χ4n) is 1.56. The highest BCUT2D eigenvalue weighted by Crippen LogP contribution is 2.28. The molecule has 0 aliphatic rings. The van der Waals surface area contributed by atoms with E-state index in [0.29, 0.717) is 4.90 Å². The van der Waals surface area contributed by atoms with Crippen LogP contribution in [0.1, 0.15) is 10.4 Å². The predicted octanol–water partition coefficient (Wildman–Crippen LogP) is 2.67. The van der Waals surface area contributed by atoms with Gasteiger partial charge >= 0.3 is 18.0 Å². The minimum Gasteiger partial charge on any atom is -0.478 e. The van der Waals surface area contributed by atoms with Gasteiger partial charge in [-0.1, -0.05) is 23.8 Å². The summed E-state index contributed by atoms with van der Waals surface area (Å²) in [7, 11) is 3.98. The molecule has 0 aromatic heterocycles. The number of carboxylic acids is 1. The van der Waals surface area contributed by atoms with Crippen molar-refractivity contribution in [2.24, 2.45) is 0 Å². The molecule has 1 rings (SSSR count). The van der Waals surface area contributed by atoms with Gasteiger partial charge in [0.15, 0.2) is 0 Å². The van der Waals surface area contributed by atoms with Gasteiger partial charge in [-0.05, 0) is 12.1 Å². The van der Waals surface area contributed by atoms with Crippen molar-refractivity contribution in [2.75, 3.05) is 26.0 Å². The fourth-order valence-corrected chi connectivity index (χ4v) is 1.88. The van der Waals surface area contributed by atoms with Gasteiger partial charge in [-0.15, -0.1) is 0 Å². The Morgan fingerprint density at radius 1 is 1.22 bits per heavy atom.